The number of aromatic amines is 1. The normalized spacial score (nSPS) is 11.1. The van der Waals surface area contributed by atoms with Gasteiger partial charge in [0, 0.05) is 22.7 Å². The van der Waals surface area contributed by atoms with E-state index in [0.29, 0.717) is 5.52 Å². The van der Waals surface area contributed by atoms with E-state index in [-0.39, 0.29) is 5.69 Å². The second-order valence-electron chi connectivity index (χ2n) is 3.70. The van der Waals surface area contributed by atoms with Gasteiger partial charge in [0.15, 0.2) is 0 Å². The number of pyridine rings is 1. The Labute approximate surface area is 91.0 Å². The van der Waals surface area contributed by atoms with Gasteiger partial charge < -0.3 is 4.98 Å². The molecule has 0 atom stereocenters. The number of rotatable bonds is 0. The third-order valence-electron chi connectivity index (χ3n) is 2.67. The van der Waals surface area contributed by atoms with Crippen LogP contribution in [0.3, 0.4) is 0 Å². The summed E-state index contributed by atoms with van der Waals surface area (Å²) in [5.41, 5.74) is 2.08. The van der Waals surface area contributed by atoms with Gasteiger partial charge in [-0.3, -0.25) is 4.98 Å². The molecule has 4 nitrogen and oxygen atoms in total. The van der Waals surface area contributed by atoms with Crippen molar-refractivity contribution in [2.24, 2.45) is 0 Å². The quantitative estimate of drug-likeness (QED) is 0.576. The second-order valence-corrected chi connectivity index (χ2v) is 3.70. The lowest BCUT2D eigenvalue weighted by molar-refractivity contribution is 1.07. The molecule has 0 fully saturated rings. The van der Waals surface area contributed by atoms with Crippen LogP contribution in [0.2, 0.25) is 0 Å². The molecule has 0 aliphatic heterocycles. The monoisotopic (exact) mass is 211 g/mol. The van der Waals surface area contributed by atoms with Crippen molar-refractivity contribution in [2.75, 3.05) is 0 Å². The zero-order chi connectivity index (χ0) is 11.1. The molecule has 2 aromatic heterocycles. The smallest absolute Gasteiger partial charge is 0.309 e. The Bertz CT molecular complexity index is 746. The average Bonchev–Trinajstić information content (AvgIpc) is 2.28. The molecule has 3 rings (SSSR count). The summed E-state index contributed by atoms with van der Waals surface area (Å²) in [7, 11) is 0. The number of fused-ring (bicyclic) bond motifs is 3. The summed E-state index contributed by atoms with van der Waals surface area (Å²) in [6.45, 7) is 1.87. The first kappa shape index (κ1) is 9.03. The predicted octanol–water partition coefficient (Wildman–Crippen LogP) is 1.78. The van der Waals surface area contributed by atoms with Gasteiger partial charge in [-0.15, -0.1) is 0 Å². The van der Waals surface area contributed by atoms with E-state index >= 15 is 0 Å². The van der Waals surface area contributed by atoms with Crippen LogP contribution in [0, 0.1) is 6.92 Å². The molecule has 2 heterocycles. The van der Waals surface area contributed by atoms with Crippen molar-refractivity contribution >= 4 is 21.8 Å². The zero-order valence-corrected chi connectivity index (χ0v) is 8.69. The highest BCUT2D eigenvalue weighted by atomic mass is 16.1. The molecule has 0 spiro atoms. The molecule has 0 bridgehead atoms. The summed E-state index contributed by atoms with van der Waals surface area (Å²) in [6, 6.07) is 7.64. The number of benzene rings is 1. The van der Waals surface area contributed by atoms with Crippen LogP contribution in [0.25, 0.3) is 21.8 Å². The van der Waals surface area contributed by atoms with Crippen molar-refractivity contribution in [3.05, 3.63) is 46.6 Å². The first-order valence-electron chi connectivity index (χ1n) is 5.00. The topological polar surface area (TPSA) is 58.6 Å². The molecule has 0 saturated carbocycles. The van der Waals surface area contributed by atoms with Gasteiger partial charge in [0.25, 0.3) is 0 Å². The minimum Gasteiger partial charge on any atom is -0.309 e. The summed E-state index contributed by atoms with van der Waals surface area (Å²) < 4.78 is 0. The van der Waals surface area contributed by atoms with Crippen molar-refractivity contribution in [1.82, 2.24) is 15.0 Å². The zero-order valence-electron chi connectivity index (χ0n) is 8.69. The molecule has 78 valence electrons. The Morgan fingerprint density at radius 2 is 2.06 bits per heavy atom. The van der Waals surface area contributed by atoms with Crippen molar-refractivity contribution in [2.45, 2.75) is 6.92 Å². The molecule has 0 unspecified atom stereocenters. The minimum absolute atomic E-state index is 0.318. The maximum absolute atomic E-state index is 11.4. The van der Waals surface area contributed by atoms with E-state index in [4.69, 9.17) is 0 Å². The Morgan fingerprint density at radius 1 is 1.19 bits per heavy atom. The molecule has 16 heavy (non-hydrogen) atoms. The fourth-order valence-electron chi connectivity index (χ4n) is 1.92. The second kappa shape index (κ2) is 3.13. The van der Waals surface area contributed by atoms with E-state index in [1.807, 2.05) is 31.2 Å². The number of nitrogens with zero attached hydrogens (tertiary/aromatic N) is 2. The van der Waals surface area contributed by atoms with E-state index in [1.54, 1.807) is 6.20 Å². The molecule has 3 aromatic rings. The Balaban J connectivity index is 2.65. The standard InChI is InChI=1S/C12H9N3O/c1-7-8-4-5-10-9(3-2-6-13-10)11(8)15-12(16)14-7/h2-6H,1H3,(H,14,15,16). The molecule has 4 heteroatoms. The molecule has 1 N–H and O–H groups in total. The van der Waals surface area contributed by atoms with E-state index in [9.17, 15) is 4.79 Å². The third kappa shape index (κ3) is 1.20. The van der Waals surface area contributed by atoms with Gasteiger partial charge in [-0.25, -0.2) is 4.79 Å². The fraction of sp³-hybridized carbons (Fsp3) is 0.0833. The van der Waals surface area contributed by atoms with Crippen LogP contribution in [-0.2, 0) is 0 Å². The first-order chi connectivity index (χ1) is 7.75. The summed E-state index contributed by atoms with van der Waals surface area (Å²) in [4.78, 5) is 22.3. The van der Waals surface area contributed by atoms with Gasteiger partial charge in [0.1, 0.15) is 0 Å². The number of aryl methyl sites for hydroxylation is 1. The van der Waals surface area contributed by atoms with E-state index < -0.39 is 0 Å². The third-order valence-corrected chi connectivity index (χ3v) is 2.67. The maximum Gasteiger partial charge on any atom is 0.345 e. The number of hydrogen-bond acceptors (Lipinski definition) is 3. The van der Waals surface area contributed by atoms with Crippen LogP contribution >= 0.6 is 0 Å². The van der Waals surface area contributed by atoms with E-state index in [2.05, 4.69) is 15.0 Å². The average molecular weight is 211 g/mol. The molecule has 1 aromatic carbocycles. The largest absolute Gasteiger partial charge is 0.345 e. The summed E-state index contributed by atoms with van der Waals surface area (Å²) in [5.74, 6) is 0. The Kier molecular flexibility index (Phi) is 1.77. The SMILES string of the molecule is Cc1[nH]c(=O)nc2c1ccc1ncccc12. The Hall–Kier alpha value is -2.23. The lowest BCUT2D eigenvalue weighted by atomic mass is 10.1. The highest BCUT2D eigenvalue weighted by molar-refractivity contribution is 6.04. The molecule has 0 radical (unpaired) electrons. The van der Waals surface area contributed by atoms with Crippen LogP contribution < -0.4 is 5.69 Å². The highest BCUT2D eigenvalue weighted by Crippen LogP contribution is 2.21. The minimum atomic E-state index is -0.318. The van der Waals surface area contributed by atoms with Crippen LogP contribution in [-0.4, -0.2) is 15.0 Å². The van der Waals surface area contributed by atoms with Crippen LogP contribution in [0.15, 0.2) is 35.3 Å². The number of nitrogens with one attached hydrogen (secondary N) is 1. The lowest BCUT2D eigenvalue weighted by Crippen LogP contribution is -2.11. The van der Waals surface area contributed by atoms with Crippen molar-refractivity contribution in [1.29, 1.82) is 0 Å². The van der Waals surface area contributed by atoms with Crippen molar-refractivity contribution in [3.8, 4) is 0 Å². The van der Waals surface area contributed by atoms with Gasteiger partial charge in [-0.2, -0.15) is 4.98 Å². The van der Waals surface area contributed by atoms with Gasteiger partial charge in [0.05, 0.1) is 11.0 Å². The van der Waals surface area contributed by atoms with Crippen molar-refractivity contribution < 1.29 is 0 Å². The summed E-state index contributed by atoms with van der Waals surface area (Å²) in [6.07, 6.45) is 1.73. The van der Waals surface area contributed by atoms with Gasteiger partial charge in [-0.05, 0) is 31.2 Å². The number of aromatic nitrogens is 3. The highest BCUT2D eigenvalue weighted by Gasteiger charge is 2.05. The van der Waals surface area contributed by atoms with Crippen LogP contribution in [0.1, 0.15) is 5.69 Å². The van der Waals surface area contributed by atoms with Crippen LogP contribution in [0.4, 0.5) is 0 Å². The molecule has 0 aliphatic rings. The van der Waals surface area contributed by atoms with E-state index in [1.165, 1.54) is 0 Å². The number of hydrogen-bond donors (Lipinski definition) is 1. The molecular formula is C12H9N3O. The fourth-order valence-corrected chi connectivity index (χ4v) is 1.92. The first-order valence-corrected chi connectivity index (χ1v) is 5.00. The predicted molar refractivity (Wildman–Crippen MR) is 62.4 cm³/mol. The summed E-state index contributed by atoms with van der Waals surface area (Å²) >= 11 is 0. The van der Waals surface area contributed by atoms with Crippen molar-refractivity contribution in [3.63, 3.8) is 0 Å². The van der Waals surface area contributed by atoms with Crippen LogP contribution in [0.5, 0.6) is 0 Å². The Morgan fingerprint density at radius 3 is 2.94 bits per heavy atom. The van der Waals surface area contributed by atoms with Gasteiger partial charge in [0.2, 0.25) is 0 Å². The van der Waals surface area contributed by atoms with Gasteiger partial charge in [-0.1, -0.05) is 0 Å². The van der Waals surface area contributed by atoms with Gasteiger partial charge >= 0.3 is 5.69 Å². The van der Waals surface area contributed by atoms with E-state index in [0.717, 1.165) is 22.0 Å². The lowest BCUT2D eigenvalue weighted by Gasteiger charge is -2.03. The molecule has 0 amide bonds. The number of H-pyrrole nitrogens is 1. The molecule has 0 aliphatic carbocycles. The molecule has 0 saturated heterocycles. The molecular weight excluding hydrogens is 202 g/mol. The summed E-state index contributed by atoms with van der Waals surface area (Å²) in [5, 5.41) is 1.87. The maximum atomic E-state index is 11.4.